The van der Waals surface area contributed by atoms with Crippen molar-refractivity contribution in [1.82, 2.24) is 9.99 Å². The van der Waals surface area contributed by atoms with Gasteiger partial charge in [-0.05, 0) is 31.2 Å². The monoisotopic (exact) mass is 374 g/mol. The SMILES string of the molecule is C=CCn1c(C)c(/C=N\NC(=O)c2cccc(NC(C)=O)c2)c2ccccc21. The van der Waals surface area contributed by atoms with E-state index in [1.165, 1.54) is 6.92 Å². The highest BCUT2D eigenvalue weighted by Gasteiger charge is 2.11. The summed E-state index contributed by atoms with van der Waals surface area (Å²) in [6, 6.07) is 14.7. The summed E-state index contributed by atoms with van der Waals surface area (Å²) in [5, 5.41) is 7.86. The molecule has 0 spiro atoms. The summed E-state index contributed by atoms with van der Waals surface area (Å²) in [5.41, 5.74) is 6.61. The van der Waals surface area contributed by atoms with E-state index >= 15 is 0 Å². The molecule has 1 heterocycles. The van der Waals surface area contributed by atoms with Gasteiger partial charge in [0.2, 0.25) is 5.91 Å². The zero-order valence-electron chi connectivity index (χ0n) is 15.9. The van der Waals surface area contributed by atoms with E-state index in [4.69, 9.17) is 0 Å². The second kappa shape index (κ2) is 8.35. The number of amides is 2. The van der Waals surface area contributed by atoms with E-state index in [0.717, 1.165) is 22.2 Å². The minimum absolute atomic E-state index is 0.193. The molecule has 142 valence electrons. The molecule has 0 unspecified atom stereocenters. The first-order valence-electron chi connectivity index (χ1n) is 8.91. The van der Waals surface area contributed by atoms with E-state index in [1.807, 2.05) is 31.2 Å². The van der Waals surface area contributed by atoms with Crippen LogP contribution < -0.4 is 10.7 Å². The third-order valence-electron chi connectivity index (χ3n) is 4.40. The molecule has 0 aliphatic rings. The molecule has 1 aromatic heterocycles. The van der Waals surface area contributed by atoms with Gasteiger partial charge >= 0.3 is 0 Å². The maximum absolute atomic E-state index is 12.4. The average Bonchev–Trinajstić information content (AvgIpc) is 2.94. The molecule has 0 saturated carbocycles. The molecule has 6 nitrogen and oxygen atoms in total. The van der Waals surface area contributed by atoms with Crippen LogP contribution in [-0.2, 0) is 11.3 Å². The predicted octanol–water partition coefficient (Wildman–Crippen LogP) is 3.86. The van der Waals surface area contributed by atoms with E-state index in [2.05, 4.69) is 33.1 Å². The van der Waals surface area contributed by atoms with Crippen LogP contribution in [0.3, 0.4) is 0 Å². The normalized spacial score (nSPS) is 10.9. The van der Waals surface area contributed by atoms with Gasteiger partial charge in [0.25, 0.3) is 5.91 Å². The average molecular weight is 374 g/mol. The Bertz CT molecular complexity index is 1080. The Labute approximate surface area is 163 Å². The van der Waals surface area contributed by atoms with Crippen LogP contribution in [-0.4, -0.2) is 22.6 Å². The van der Waals surface area contributed by atoms with E-state index in [9.17, 15) is 9.59 Å². The largest absolute Gasteiger partial charge is 0.340 e. The van der Waals surface area contributed by atoms with Crippen molar-refractivity contribution in [3.05, 3.63) is 78.0 Å². The molecule has 6 heteroatoms. The van der Waals surface area contributed by atoms with Crippen LogP contribution in [0.4, 0.5) is 5.69 Å². The molecule has 2 aromatic carbocycles. The van der Waals surface area contributed by atoms with E-state index in [-0.39, 0.29) is 11.8 Å². The minimum atomic E-state index is -0.351. The molecule has 2 N–H and O–H groups in total. The highest BCUT2D eigenvalue weighted by molar-refractivity contribution is 6.02. The van der Waals surface area contributed by atoms with Crippen molar-refractivity contribution in [1.29, 1.82) is 0 Å². The number of nitrogens with one attached hydrogen (secondary N) is 2. The van der Waals surface area contributed by atoms with E-state index < -0.39 is 0 Å². The molecule has 28 heavy (non-hydrogen) atoms. The third-order valence-corrected chi connectivity index (χ3v) is 4.40. The van der Waals surface area contributed by atoms with Crippen molar-refractivity contribution in [2.45, 2.75) is 20.4 Å². The smallest absolute Gasteiger partial charge is 0.271 e. The second-order valence-corrected chi connectivity index (χ2v) is 6.38. The molecule has 0 bridgehead atoms. The number of para-hydroxylation sites is 1. The number of aromatic nitrogens is 1. The van der Waals surface area contributed by atoms with Crippen LogP contribution in [0.1, 0.15) is 28.5 Å². The Hall–Kier alpha value is -3.67. The molecule has 0 fully saturated rings. The maximum atomic E-state index is 12.4. The lowest BCUT2D eigenvalue weighted by atomic mass is 10.1. The molecule has 2 amide bonds. The summed E-state index contributed by atoms with van der Waals surface area (Å²) < 4.78 is 2.16. The van der Waals surface area contributed by atoms with Gasteiger partial charge in [-0.25, -0.2) is 5.43 Å². The van der Waals surface area contributed by atoms with Crippen molar-refractivity contribution < 1.29 is 9.59 Å². The summed E-state index contributed by atoms with van der Waals surface area (Å²) in [6.45, 7) is 7.95. The molecular weight excluding hydrogens is 352 g/mol. The molecule has 0 radical (unpaired) electrons. The van der Waals surface area contributed by atoms with Gasteiger partial charge in [0, 0.05) is 46.9 Å². The fourth-order valence-corrected chi connectivity index (χ4v) is 3.15. The van der Waals surface area contributed by atoms with Crippen molar-refractivity contribution in [3.8, 4) is 0 Å². The summed E-state index contributed by atoms with van der Waals surface area (Å²) in [5.74, 6) is -0.544. The number of nitrogens with zero attached hydrogens (tertiary/aromatic N) is 2. The second-order valence-electron chi connectivity index (χ2n) is 6.38. The van der Waals surface area contributed by atoms with Crippen LogP contribution in [0.15, 0.2) is 66.3 Å². The summed E-state index contributed by atoms with van der Waals surface area (Å²) >= 11 is 0. The van der Waals surface area contributed by atoms with E-state index in [0.29, 0.717) is 17.8 Å². The Morgan fingerprint density at radius 3 is 2.71 bits per heavy atom. The fourth-order valence-electron chi connectivity index (χ4n) is 3.15. The lowest BCUT2D eigenvalue weighted by Crippen LogP contribution is -2.18. The number of rotatable bonds is 6. The van der Waals surface area contributed by atoms with Gasteiger partial charge in [-0.1, -0.05) is 30.3 Å². The van der Waals surface area contributed by atoms with Crippen LogP contribution in [0.5, 0.6) is 0 Å². The van der Waals surface area contributed by atoms with Gasteiger partial charge in [0.1, 0.15) is 0 Å². The third kappa shape index (κ3) is 4.01. The lowest BCUT2D eigenvalue weighted by molar-refractivity contribution is -0.114. The topological polar surface area (TPSA) is 75.5 Å². The number of fused-ring (bicyclic) bond motifs is 1. The maximum Gasteiger partial charge on any atom is 0.271 e. The quantitative estimate of drug-likeness (QED) is 0.391. The predicted molar refractivity (Wildman–Crippen MR) is 113 cm³/mol. The number of anilines is 1. The Morgan fingerprint density at radius 1 is 1.18 bits per heavy atom. The van der Waals surface area contributed by atoms with Gasteiger partial charge in [-0.15, -0.1) is 6.58 Å². The van der Waals surface area contributed by atoms with Crippen molar-refractivity contribution in [2.75, 3.05) is 5.32 Å². The first-order chi connectivity index (χ1) is 13.5. The highest BCUT2D eigenvalue weighted by Crippen LogP contribution is 2.24. The molecule has 0 atom stereocenters. The van der Waals surface area contributed by atoms with Gasteiger partial charge in [-0.2, -0.15) is 5.10 Å². The number of carbonyl (C=O) groups is 2. The number of benzene rings is 2. The molecular formula is C22H22N4O2. The Kier molecular flexibility index (Phi) is 5.69. The van der Waals surface area contributed by atoms with Crippen LogP contribution >= 0.6 is 0 Å². The van der Waals surface area contributed by atoms with Gasteiger partial charge in [-0.3, -0.25) is 9.59 Å². The van der Waals surface area contributed by atoms with Crippen molar-refractivity contribution in [3.63, 3.8) is 0 Å². The number of hydrazone groups is 1. The summed E-state index contributed by atoms with van der Waals surface area (Å²) in [4.78, 5) is 23.5. The highest BCUT2D eigenvalue weighted by atomic mass is 16.2. The van der Waals surface area contributed by atoms with Crippen LogP contribution in [0.25, 0.3) is 10.9 Å². The van der Waals surface area contributed by atoms with Gasteiger partial charge < -0.3 is 9.88 Å². The molecule has 0 aliphatic heterocycles. The van der Waals surface area contributed by atoms with Crippen LogP contribution in [0, 0.1) is 6.92 Å². The standard InChI is InChI=1S/C22H22N4O2/c1-4-12-26-15(2)20(19-10-5-6-11-21(19)26)14-23-25-22(28)17-8-7-9-18(13-17)24-16(3)27/h4-11,13-14H,1,12H2,2-3H3,(H,24,27)(H,25,28)/b23-14-. The molecule has 0 saturated heterocycles. The van der Waals surface area contributed by atoms with Gasteiger partial charge in [0.05, 0.1) is 6.21 Å². The number of hydrogen-bond acceptors (Lipinski definition) is 3. The Morgan fingerprint density at radius 2 is 1.96 bits per heavy atom. The lowest BCUT2D eigenvalue weighted by Gasteiger charge is -2.05. The van der Waals surface area contributed by atoms with Crippen LogP contribution in [0.2, 0.25) is 0 Å². The van der Waals surface area contributed by atoms with Crippen molar-refractivity contribution in [2.24, 2.45) is 5.10 Å². The zero-order valence-corrected chi connectivity index (χ0v) is 15.9. The number of hydrogen-bond donors (Lipinski definition) is 2. The minimum Gasteiger partial charge on any atom is -0.340 e. The Balaban J connectivity index is 1.82. The van der Waals surface area contributed by atoms with E-state index in [1.54, 1.807) is 30.5 Å². The molecule has 0 aliphatic carbocycles. The summed E-state index contributed by atoms with van der Waals surface area (Å²) in [6.07, 6.45) is 3.51. The summed E-state index contributed by atoms with van der Waals surface area (Å²) in [7, 11) is 0. The zero-order chi connectivity index (χ0) is 20.1. The fraction of sp³-hybridized carbons (Fsp3) is 0.136. The first kappa shape index (κ1) is 19.1. The number of allylic oxidation sites excluding steroid dienone is 1. The molecule has 3 aromatic rings. The van der Waals surface area contributed by atoms with Gasteiger partial charge in [0.15, 0.2) is 0 Å². The van der Waals surface area contributed by atoms with Crippen molar-refractivity contribution >= 4 is 34.6 Å². The first-order valence-corrected chi connectivity index (χ1v) is 8.91. The molecule has 3 rings (SSSR count). The number of carbonyl (C=O) groups excluding carboxylic acids is 2.